The summed E-state index contributed by atoms with van der Waals surface area (Å²) >= 11 is 0. The smallest absolute Gasteiger partial charge is 0.241 e. The lowest BCUT2D eigenvalue weighted by Gasteiger charge is -2.30. The van der Waals surface area contributed by atoms with E-state index in [0.29, 0.717) is 18.9 Å². The number of anilines is 1. The van der Waals surface area contributed by atoms with E-state index >= 15 is 0 Å². The maximum Gasteiger partial charge on any atom is 0.241 e. The molecule has 1 fully saturated rings. The summed E-state index contributed by atoms with van der Waals surface area (Å²) in [6.45, 7) is 9.66. The van der Waals surface area contributed by atoms with Crippen molar-refractivity contribution in [2.45, 2.75) is 70.2 Å². The summed E-state index contributed by atoms with van der Waals surface area (Å²) in [5.74, 6) is 0.615. The summed E-state index contributed by atoms with van der Waals surface area (Å²) in [6.07, 6.45) is 3.05. The molecule has 0 saturated carbocycles. The van der Waals surface area contributed by atoms with E-state index in [1.165, 1.54) is 0 Å². The molecule has 0 radical (unpaired) electrons. The predicted molar refractivity (Wildman–Crippen MR) is 117 cm³/mol. The Labute approximate surface area is 179 Å². The highest BCUT2D eigenvalue weighted by Crippen LogP contribution is 2.31. The lowest BCUT2D eigenvalue weighted by molar-refractivity contribution is -0.134. The predicted octanol–water partition coefficient (Wildman–Crippen LogP) is 2.69. The van der Waals surface area contributed by atoms with Gasteiger partial charge < -0.3 is 9.80 Å². The van der Waals surface area contributed by atoms with E-state index in [9.17, 15) is 18.0 Å². The fourth-order valence-corrected chi connectivity index (χ4v) is 5.50. The molecule has 1 aromatic carbocycles. The van der Waals surface area contributed by atoms with Crippen LogP contribution in [0.2, 0.25) is 0 Å². The van der Waals surface area contributed by atoms with Crippen LogP contribution >= 0.6 is 0 Å². The largest absolute Gasteiger partial charge is 0.343 e. The van der Waals surface area contributed by atoms with Gasteiger partial charge in [0.05, 0.1) is 4.90 Å². The number of carbonyl (C=O) groups excluding carboxylic acids is 2. The van der Waals surface area contributed by atoms with Crippen LogP contribution in [0.1, 0.15) is 58.9 Å². The summed E-state index contributed by atoms with van der Waals surface area (Å²) < 4.78 is 27.8. The number of carbonyl (C=O) groups is 2. The highest BCUT2D eigenvalue weighted by atomic mass is 32.2. The molecular weight excluding hydrogens is 402 g/mol. The highest BCUT2D eigenvalue weighted by Gasteiger charge is 2.29. The average molecular weight is 436 g/mol. The van der Waals surface area contributed by atoms with Crippen LogP contribution < -0.4 is 9.62 Å². The van der Waals surface area contributed by atoms with Gasteiger partial charge in [-0.3, -0.25) is 9.59 Å². The zero-order valence-corrected chi connectivity index (χ0v) is 19.2. The van der Waals surface area contributed by atoms with E-state index in [2.05, 4.69) is 11.6 Å². The zero-order valence-electron chi connectivity index (χ0n) is 18.4. The third kappa shape index (κ3) is 5.40. The van der Waals surface area contributed by atoms with E-state index in [4.69, 9.17) is 0 Å². The van der Waals surface area contributed by atoms with Gasteiger partial charge in [0.25, 0.3) is 0 Å². The summed E-state index contributed by atoms with van der Waals surface area (Å²) in [7, 11) is -3.62. The molecule has 0 bridgehead atoms. The molecule has 2 aliphatic heterocycles. The second kappa shape index (κ2) is 8.67. The second-order valence-corrected chi connectivity index (χ2v) is 11.2. The third-order valence-corrected chi connectivity index (χ3v) is 7.44. The summed E-state index contributed by atoms with van der Waals surface area (Å²) in [5, 5.41) is 0. The van der Waals surface area contributed by atoms with E-state index in [0.717, 1.165) is 37.2 Å². The van der Waals surface area contributed by atoms with Crippen LogP contribution in [0.25, 0.3) is 0 Å². The van der Waals surface area contributed by atoms with Crippen LogP contribution in [0.4, 0.5) is 5.69 Å². The van der Waals surface area contributed by atoms with Crippen LogP contribution in [0.15, 0.2) is 23.1 Å². The monoisotopic (exact) mass is 435 g/mol. The van der Waals surface area contributed by atoms with Gasteiger partial charge in [-0.2, -0.15) is 0 Å². The van der Waals surface area contributed by atoms with E-state index < -0.39 is 15.6 Å². The Bertz CT molecular complexity index is 913. The first-order valence-electron chi connectivity index (χ1n) is 10.7. The van der Waals surface area contributed by atoms with Gasteiger partial charge in [0.2, 0.25) is 21.8 Å². The van der Waals surface area contributed by atoms with Crippen molar-refractivity contribution >= 4 is 27.5 Å². The molecule has 7 nitrogen and oxygen atoms in total. The molecule has 30 heavy (non-hydrogen) atoms. The fourth-order valence-electron chi connectivity index (χ4n) is 4.03. The number of piperidine rings is 1. The molecule has 0 atom stereocenters. The standard InChI is InChI=1S/C22H33N3O4S/c1-16-9-12-24(13-10-16)20(26)7-8-21(27)25-14-11-17-15-18(5-6-19(17)25)30(28,29)23-22(2,3)4/h5-6,15-16,23H,7-14H2,1-4H3. The Balaban J connectivity index is 1.62. The van der Waals surface area contributed by atoms with Crippen molar-refractivity contribution in [1.29, 1.82) is 0 Å². The van der Waals surface area contributed by atoms with E-state index in [1.54, 1.807) is 43.9 Å². The molecule has 0 spiro atoms. The molecule has 1 saturated heterocycles. The highest BCUT2D eigenvalue weighted by molar-refractivity contribution is 7.89. The van der Waals surface area contributed by atoms with Crippen molar-refractivity contribution in [2.24, 2.45) is 5.92 Å². The Morgan fingerprint density at radius 2 is 1.70 bits per heavy atom. The maximum absolute atomic E-state index is 12.7. The van der Waals surface area contributed by atoms with Crippen LogP contribution in [0.3, 0.4) is 0 Å². The normalized spacial score (nSPS) is 17.9. The molecule has 0 unspecified atom stereocenters. The Hall–Kier alpha value is -1.93. The van der Waals surface area contributed by atoms with E-state index in [1.807, 2.05) is 4.90 Å². The molecule has 0 aromatic heterocycles. The Morgan fingerprint density at radius 3 is 2.33 bits per heavy atom. The first kappa shape index (κ1) is 22.7. The first-order valence-corrected chi connectivity index (χ1v) is 12.2. The minimum Gasteiger partial charge on any atom is -0.343 e. The number of rotatable bonds is 5. The Morgan fingerprint density at radius 1 is 1.07 bits per heavy atom. The second-order valence-electron chi connectivity index (χ2n) is 9.50. The molecule has 3 rings (SSSR count). The van der Waals surface area contributed by atoms with Crippen LogP contribution in [-0.4, -0.2) is 50.3 Å². The van der Waals surface area contributed by atoms with Crippen LogP contribution in [0, 0.1) is 5.92 Å². The van der Waals surface area contributed by atoms with Crippen molar-refractivity contribution in [1.82, 2.24) is 9.62 Å². The summed E-state index contributed by atoms with van der Waals surface area (Å²) in [5.41, 5.74) is 1.02. The van der Waals surface area contributed by atoms with Gasteiger partial charge >= 0.3 is 0 Å². The van der Waals surface area contributed by atoms with Crippen molar-refractivity contribution in [2.75, 3.05) is 24.5 Å². The molecule has 2 heterocycles. The van der Waals surface area contributed by atoms with Gasteiger partial charge in [0.15, 0.2) is 0 Å². The van der Waals surface area contributed by atoms with Crippen LogP contribution in [0.5, 0.6) is 0 Å². The summed E-state index contributed by atoms with van der Waals surface area (Å²) in [4.78, 5) is 28.9. The molecule has 2 aliphatic rings. The van der Waals surface area contributed by atoms with Crippen molar-refractivity contribution in [3.8, 4) is 0 Å². The van der Waals surface area contributed by atoms with Gasteiger partial charge in [0.1, 0.15) is 0 Å². The van der Waals surface area contributed by atoms with Crippen LogP contribution in [-0.2, 0) is 26.0 Å². The van der Waals surface area contributed by atoms with Crippen molar-refractivity contribution < 1.29 is 18.0 Å². The molecule has 8 heteroatoms. The van der Waals surface area contributed by atoms with Crippen molar-refractivity contribution in [3.63, 3.8) is 0 Å². The molecule has 1 N–H and O–H groups in total. The zero-order chi connectivity index (χ0) is 22.1. The van der Waals surface area contributed by atoms with Gasteiger partial charge in [0, 0.05) is 43.7 Å². The third-order valence-electron chi connectivity index (χ3n) is 5.69. The quantitative estimate of drug-likeness (QED) is 0.770. The Kier molecular flexibility index (Phi) is 6.57. The minimum absolute atomic E-state index is 0.0457. The number of nitrogens with one attached hydrogen (secondary N) is 1. The van der Waals surface area contributed by atoms with E-state index in [-0.39, 0.29) is 29.6 Å². The summed E-state index contributed by atoms with van der Waals surface area (Å²) in [6, 6.07) is 4.89. The number of hydrogen-bond acceptors (Lipinski definition) is 4. The fraction of sp³-hybridized carbons (Fsp3) is 0.636. The molecule has 2 amide bonds. The average Bonchev–Trinajstić information content (AvgIpc) is 3.08. The van der Waals surface area contributed by atoms with Gasteiger partial charge in [-0.1, -0.05) is 6.92 Å². The topological polar surface area (TPSA) is 86.8 Å². The SMILES string of the molecule is CC1CCN(C(=O)CCC(=O)N2CCc3cc(S(=O)(=O)NC(C)(C)C)ccc32)CC1. The number of fused-ring (bicyclic) bond motifs is 1. The number of benzene rings is 1. The number of hydrogen-bond donors (Lipinski definition) is 1. The molecule has 166 valence electrons. The number of nitrogens with zero attached hydrogens (tertiary/aromatic N) is 2. The number of likely N-dealkylation sites (tertiary alicyclic amines) is 1. The van der Waals surface area contributed by atoms with Gasteiger partial charge in [-0.15, -0.1) is 0 Å². The lowest BCUT2D eigenvalue weighted by Crippen LogP contribution is -2.40. The van der Waals surface area contributed by atoms with Gasteiger partial charge in [-0.05, 0) is 69.7 Å². The van der Waals surface area contributed by atoms with Crippen molar-refractivity contribution in [3.05, 3.63) is 23.8 Å². The molecule has 1 aromatic rings. The molecular formula is C22H33N3O4S. The van der Waals surface area contributed by atoms with Gasteiger partial charge in [-0.25, -0.2) is 13.1 Å². The first-order chi connectivity index (χ1) is 14.0. The maximum atomic E-state index is 12.7. The number of sulfonamides is 1. The number of amides is 2. The lowest BCUT2D eigenvalue weighted by atomic mass is 9.99. The minimum atomic E-state index is -3.62. The molecule has 0 aliphatic carbocycles.